The standard InChI is InChI=1S/C22H29N4O9P/c1-5-14-15(7-18(33-14)26-9-13(4)20(28)24-22(26)30)35-36(31)32-10-16-11(2)6-17(34-16)25-8-12(3)19(27)23-21(25)29/h8-9,11,14-18H,5-7,10H2,1-4H3,(H-,23,24,27,28,29,30)/p+1/t11?,14-,15?,16-,17-,18-/m1/s1. The minimum Gasteiger partial charge on any atom is -0.352 e. The molecule has 3 unspecified atom stereocenters. The number of H-pyrrole nitrogens is 2. The summed E-state index contributed by atoms with van der Waals surface area (Å²) in [5.74, 6) is -0.00419. The van der Waals surface area contributed by atoms with Crippen molar-refractivity contribution < 1.29 is 23.1 Å². The Kier molecular flexibility index (Phi) is 7.86. The van der Waals surface area contributed by atoms with E-state index in [1.807, 2.05) is 13.8 Å². The molecule has 0 spiro atoms. The van der Waals surface area contributed by atoms with Gasteiger partial charge in [-0.2, -0.15) is 0 Å². The molecule has 2 aromatic heterocycles. The molecule has 196 valence electrons. The Morgan fingerprint density at radius 1 is 0.944 bits per heavy atom. The van der Waals surface area contributed by atoms with Crippen molar-refractivity contribution >= 4 is 8.25 Å². The molecular weight excluding hydrogens is 495 g/mol. The van der Waals surface area contributed by atoms with Crippen molar-refractivity contribution in [2.24, 2.45) is 5.92 Å². The van der Waals surface area contributed by atoms with Crippen LogP contribution in [0.3, 0.4) is 0 Å². The Morgan fingerprint density at radius 2 is 1.47 bits per heavy atom. The first-order valence-electron chi connectivity index (χ1n) is 11.8. The van der Waals surface area contributed by atoms with E-state index in [2.05, 4.69) is 9.97 Å². The summed E-state index contributed by atoms with van der Waals surface area (Å²) in [4.78, 5) is 52.2. The maximum absolute atomic E-state index is 12.6. The number of aryl methyl sites for hydroxylation is 2. The molecule has 0 aromatic carbocycles. The summed E-state index contributed by atoms with van der Waals surface area (Å²) in [7, 11) is -2.52. The molecule has 0 aliphatic carbocycles. The highest BCUT2D eigenvalue weighted by molar-refractivity contribution is 7.33. The van der Waals surface area contributed by atoms with Crippen LogP contribution >= 0.6 is 8.25 Å². The van der Waals surface area contributed by atoms with Gasteiger partial charge in [-0.3, -0.25) is 28.7 Å². The van der Waals surface area contributed by atoms with Crippen LogP contribution in [0.5, 0.6) is 0 Å². The van der Waals surface area contributed by atoms with E-state index in [4.69, 9.17) is 18.5 Å². The SMILES string of the molecule is CC[C@H]1O[C@@H](n2cc(C)c(=O)[nH]c2=O)CC1O[P+](=O)OC[C@H]1O[C@@H](n2cc(C)c(=O)[nH]c2=O)CC1C. The van der Waals surface area contributed by atoms with Crippen LogP contribution in [0, 0.1) is 19.8 Å². The Hall–Kier alpha value is -2.70. The quantitative estimate of drug-likeness (QED) is 0.485. The lowest BCUT2D eigenvalue weighted by Gasteiger charge is -2.15. The second-order valence-corrected chi connectivity index (χ2v) is 10.2. The minimum atomic E-state index is -2.52. The highest BCUT2D eigenvalue weighted by atomic mass is 31.1. The van der Waals surface area contributed by atoms with E-state index in [1.54, 1.807) is 13.8 Å². The molecule has 14 heteroatoms. The zero-order valence-electron chi connectivity index (χ0n) is 20.5. The molecule has 0 bridgehead atoms. The van der Waals surface area contributed by atoms with E-state index in [-0.39, 0.29) is 18.9 Å². The van der Waals surface area contributed by atoms with Crippen LogP contribution in [-0.2, 0) is 23.1 Å². The Morgan fingerprint density at radius 3 is 2.03 bits per heavy atom. The molecule has 4 heterocycles. The molecule has 0 amide bonds. The van der Waals surface area contributed by atoms with Gasteiger partial charge in [-0.25, -0.2) is 9.59 Å². The van der Waals surface area contributed by atoms with Crippen LogP contribution in [0.25, 0.3) is 0 Å². The molecule has 2 N–H and O–H groups in total. The summed E-state index contributed by atoms with van der Waals surface area (Å²) in [5.41, 5.74) is -1.29. The van der Waals surface area contributed by atoms with Gasteiger partial charge in [0.1, 0.15) is 25.2 Å². The summed E-state index contributed by atoms with van der Waals surface area (Å²) < 4.78 is 38.2. The van der Waals surface area contributed by atoms with Gasteiger partial charge in [0.05, 0.1) is 12.2 Å². The number of hydrogen-bond acceptors (Lipinski definition) is 9. The number of rotatable bonds is 8. The van der Waals surface area contributed by atoms with E-state index in [0.29, 0.717) is 24.0 Å². The second-order valence-electron chi connectivity index (χ2n) is 9.24. The summed E-state index contributed by atoms with van der Waals surface area (Å²) in [6.45, 7) is 6.98. The van der Waals surface area contributed by atoms with Gasteiger partial charge in [-0.15, -0.1) is 9.05 Å². The van der Waals surface area contributed by atoms with Crippen molar-refractivity contribution in [2.45, 2.75) is 77.7 Å². The van der Waals surface area contributed by atoms with Gasteiger partial charge < -0.3 is 9.47 Å². The van der Waals surface area contributed by atoms with Crippen LogP contribution in [0.1, 0.15) is 56.7 Å². The van der Waals surface area contributed by atoms with E-state index >= 15 is 0 Å². The van der Waals surface area contributed by atoms with Crippen molar-refractivity contribution in [1.29, 1.82) is 0 Å². The van der Waals surface area contributed by atoms with Gasteiger partial charge in [0.25, 0.3) is 11.1 Å². The highest BCUT2D eigenvalue weighted by Crippen LogP contribution is 2.39. The first-order chi connectivity index (χ1) is 17.1. The maximum Gasteiger partial charge on any atom is 0.697 e. The zero-order chi connectivity index (χ0) is 26.1. The monoisotopic (exact) mass is 525 g/mol. The van der Waals surface area contributed by atoms with Gasteiger partial charge in [0, 0.05) is 34.5 Å². The first kappa shape index (κ1) is 26.4. The van der Waals surface area contributed by atoms with Crippen molar-refractivity contribution in [3.05, 3.63) is 65.2 Å². The molecule has 2 saturated heterocycles. The van der Waals surface area contributed by atoms with Crippen LogP contribution in [-0.4, -0.2) is 44.0 Å². The number of aromatic amines is 2. The third kappa shape index (κ3) is 5.50. The fourth-order valence-electron chi connectivity index (χ4n) is 4.46. The Balaban J connectivity index is 1.35. The third-order valence-electron chi connectivity index (χ3n) is 6.60. The Bertz CT molecular complexity index is 1360. The fraction of sp³-hybridized carbons (Fsp3) is 0.636. The molecule has 2 aliphatic rings. The van der Waals surface area contributed by atoms with Crippen molar-refractivity contribution in [1.82, 2.24) is 19.1 Å². The fourth-order valence-corrected chi connectivity index (χ4v) is 5.24. The molecule has 4 rings (SSSR count). The molecule has 2 aliphatic heterocycles. The maximum atomic E-state index is 12.6. The van der Waals surface area contributed by atoms with Gasteiger partial charge in [0.15, 0.2) is 0 Å². The van der Waals surface area contributed by atoms with E-state index < -0.39 is 61.5 Å². The molecule has 36 heavy (non-hydrogen) atoms. The van der Waals surface area contributed by atoms with Crippen LogP contribution < -0.4 is 22.5 Å². The van der Waals surface area contributed by atoms with Crippen molar-refractivity contribution in [2.75, 3.05) is 6.61 Å². The molecule has 7 atom stereocenters. The summed E-state index contributed by atoms with van der Waals surface area (Å²) in [6, 6.07) is 0. The average Bonchev–Trinajstić information content (AvgIpc) is 3.40. The third-order valence-corrected chi connectivity index (χ3v) is 7.40. The van der Waals surface area contributed by atoms with Crippen LogP contribution in [0.15, 0.2) is 31.6 Å². The van der Waals surface area contributed by atoms with Gasteiger partial charge in [-0.05, 0) is 32.6 Å². The van der Waals surface area contributed by atoms with Crippen molar-refractivity contribution in [3.8, 4) is 0 Å². The lowest BCUT2D eigenvalue weighted by molar-refractivity contribution is -0.0325. The van der Waals surface area contributed by atoms with Gasteiger partial charge in [0.2, 0.25) is 0 Å². The molecular formula is C22H30N4O9P+. The average molecular weight is 525 g/mol. The van der Waals surface area contributed by atoms with Crippen molar-refractivity contribution in [3.63, 3.8) is 0 Å². The number of aromatic nitrogens is 4. The second kappa shape index (κ2) is 10.7. The smallest absolute Gasteiger partial charge is 0.352 e. The van der Waals surface area contributed by atoms with E-state index in [0.717, 1.165) is 0 Å². The number of hydrogen-bond donors (Lipinski definition) is 2. The summed E-state index contributed by atoms with van der Waals surface area (Å²) >= 11 is 0. The van der Waals surface area contributed by atoms with Crippen LogP contribution in [0.4, 0.5) is 0 Å². The molecule has 0 radical (unpaired) electrons. The van der Waals surface area contributed by atoms with Crippen LogP contribution in [0.2, 0.25) is 0 Å². The minimum absolute atomic E-state index is 0.00419. The predicted molar refractivity (Wildman–Crippen MR) is 127 cm³/mol. The first-order valence-corrected chi connectivity index (χ1v) is 12.9. The summed E-state index contributed by atoms with van der Waals surface area (Å²) in [6.07, 6.45) is 1.52. The number of ether oxygens (including phenoxy) is 2. The Labute approximate surface area is 206 Å². The molecule has 2 fully saturated rings. The van der Waals surface area contributed by atoms with E-state index in [9.17, 15) is 23.7 Å². The lowest BCUT2D eigenvalue weighted by Crippen LogP contribution is -2.33. The topological polar surface area (TPSA) is 164 Å². The normalized spacial score (nSPS) is 28.5. The zero-order valence-corrected chi connectivity index (χ0v) is 21.4. The summed E-state index contributed by atoms with van der Waals surface area (Å²) in [5, 5.41) is 0. The highest BCUT2D eigenvalue weighted by Gasteiger charge is 2.44. The predicted octanol–water partition coefficient (Wildman–Crippen LogP) is 1.38. The van der Waals surface area contributed by atoms with Gasteiger partial charge in [-0.1, -0.05) is 13.8 Å². The molecule has 13 nitrogen and oxygen atoms in total. The number of nitrogens with zero attached hydrogens (tertiary/aromatic N) is 2. The molecule has 2 aromatic rings. The van der Waals surface area contributed by atoms with Gasteiger partial charge >= 0.3 is 19.6 Å². The largest absolute Gasteiger partial charge is 0.697 e. The number of nitrogens with one attached hydrogen (secondary N) is 2. The van der Waals surface area contributed by atoms with E-state index in [1.165, 1.54) is 21.5 Å². The lowest BCUT2D eigenvalue weighted by atomic mass is 10.0. The molecule has 0 saturated carbocycles.